The molecular weight excluding hydrogens is 297 g/mol. The first-order valence-electron chi connectivity index (χ1n) is 7.15. The summed E-state index contributed by atoms with van der Waals surface area (Å²) in [5.74, 6) is 0.760. The van der Waals surface area contributed by atoms with Crippen molar-refractivity contribution in [2.45, 2.75) is 20.0 Å². The van der Waals surface area contributed by atoms with Gasteiger partial charge in [0.05, 0.1) is 6.54 Å². The predicted octanol–water partition coefficient (Wildman–Crippen LogP) is 3.89. The van der Waals surface area contributed by atoms with Gasteiger partial charge in [0, 0.05) is 35.7 Å². The molecule has 0 atom stereocenters. The minimum Gasteiger partial charge on any atom is -0.337 e. The van der Waals surface area contributed by atoms with Crippen molar-refractivity contribution in [2.75, 3.05) is 0 Å². The molecule has 1 N–H and O–H groups in total. The molecule has 0 aliphatic rings. The monoisotopic (exact) mass is 315 g/mol. The molecule has 3 rings (SSSR count). The molecule has 0 spiro atoms. The maximum atomic E-state index is 13.6. The van der Waals surface area contributed by atoms with Gasteiger partial charge in [-0.2, -0.15) is 0 Å². The third-order valence-corrected chi connectivity index (χ3v) is 4.63. The van der Waals surface area contributed by atoms with Gasteiger partial charge in [0.2, 0.25) is 0 Å². The number of hydrogen-bond acceptors (Lipinski definition) is 3. The van der Waals surface area contributed by atoms with Crippen LogP contribution in [0.2, 0.25) is 0 Å². The fraction of sp³-hybridized carbons (Fsp3) is 0.235. The second-order valence-electron chi connectivity index (χ2n) is 5.27. The number of thiophene rings is 1. The van der Waals surface area contributed by atoms with Gasteiger partial charge in [-0.3, -0.25) is 0 Å². The Morgan fingerprint density at radius 1 is 1.23 bits per heavy atom. The van der Waals surface area contributed by atoms with Gasteiger partial charge >= 0.3 is 0 Å². The lowest BCUT2D eigenvalue weighted by Gasteiger charge is -2.10. The summed E-state index contributed by atoms with van der Waals surface area (Å²) in [7, 11) is 1.96. The average Bonchev–Trinajstić information content (AvgIpc) is 3.08. The Bertz CT molecular complexity index is 776. The highest BCUT2D eigenvalue weighted by Crippen LogP contribution is 2.30. The van der Waals surface area contributed by atoms with E-state index in [1.807, 2.05) is 23.9 Å². The van der Waals surface area contributed by atoms with Crippen LogP contribution in [-0.4, -0.2) is 9.55 Å². The summed E-state index contributed by atoms with van der Waals surface area (Å²) in [6, 6.07) is 9.17. The molecular formula is C17H18FN3S. The molecule has 2 aromatic heterocycles. The van der Waals surface area contributed by atoms with E-state index in [9.17, 15) is 4.39 Å². The van der Waals surface area contributed by atoms with Gasteiger partial charge in [0.1, 0.15) is 11.6 Å². The van der Waals surface area contributed by atoms with E-state index in [0.29, 0.717) is 13.1 Å². The zero-order valence-corrected chi connectivity index (χ0v) is 13.5. The molecule has 3 aromatic rings. The minimum atomic E-state index is -0.203. The van der Waals surface area contributed by atoms with Gasteiger partial charge in [0.15, 0.2) is 0 Å². The summed E-state index contributed by atoms with van der Waals surface area (Å²) in [6.45, 7) is 3.34. The van der Waals surface area contributed by atoms with Crippen LogP contribution < -0.4 is 5.32 Å². The number of aromatic nitrogens is 2. The highest BCUT2D eigenvalue weighted by atomic mass is 32.1. The van der Waals surface area contributed by atoms with Crippen LogP contribution in [0.3, 0.4) is 0 Å². The Morgan fingerprint density at radius 3 is 2.77 bits per heavy atom. The van der Waals surface area contributed by atoms with Gasteiger partial charge in [-0.1, -0.05) is 6.07 Å². The van der Waals surface area contributed by atoms with Crippen LogP contribution >= 0.6 is 11.3 Å². The van der Waals surface area contributed by atoms with Crippen molar-refractivity contribution in [1.29, 1.82) is 0 Å². The number of hydrogen-bond donors (Lipinski definition) is 1. The van der Waals surface area contributed by atoms with E-state index >= 15 is 0 Å². The van der Waals surface area contributed by atoms with E-state index < -0.39 is 0 Å². The molecule has 114 valence electrons. The smallest absolute Gasteiger partial charge is 0.123 e. The van der Waals surface area contributed by atoms with Crippen LogP contribution in [0.1, 0.15) is 16.3 Å². The quantitative estimate of drug-likeness (QED) is 0.774. The van der Waals surface area contributed by atoms with E-state index in [1.54, 1.807) is 23.6 Å². The van der Waals surface area contributed by atoms with Crippen LogP contribution in [0.15, 0.2) is 42.7 Å². The molecule has 5 heteroatoms. The van der Waals surface area contributed by atoms with E-state index in [0.717, 1.165) is 17.0 Å². The van der Waals surface area contributed by atoms with Gasteiger partial charge in [-0.15, -0.1) is 11.3 Å². The van der Waals surface area contributed by atoms with Crippen LogP contribution in [-0.2, 0) is 20.1 Å². The molecule has 0 unspecified atom stereocenters. The third-order valence-electron chi connectivity index (χ3n) is 3.59. The topological polar surface area (TPSA) is 29.9 Å². The lowest BCUT2D eigenvalue weighted by molar-refractivity contribution is 0.614. The molecule has 0 fully saturated rings. The van der Waals surface area contributed by atoms with E-state index in [4.69, 9.17) is 0 Å². The molecule has 0 bridgehead atoms. The van der Waals surface area contributed by atoms with Crippen molar-refractivity contribution >= 4 is 11.3 Å². The largest absolute Gasteiger partial charge is 0.337 e. The highest BCUT2D eigenvalue weighted by molar-refractivity contribution is 7.15. The SMILES string of the molecule is Cc1ccc(-c2ccc(F)cc2CNCc2nccn2C)s1. The fourth-order valence-electron chi connectivity index (χ4n) is 2.40. The van der Waals surface area contributed by atoms with E-state index in [-0.39, 0.29) is 5.82 Å². The molecule has 0 amide bonds. The molecule has 0 aliphatic heterocycles. The second-order valence-corrected chi connectivity index (χ2v) is 6.56. The average molecular weight is 315 g/mol. The van der Waals surface area contributed by atoms with Crippen molar-refractivity contribution in [2.24, 2.45) is 7.05 Å². The van der Waals surface area contributed by atoms with Gasteiger partial charge < -0.3 is 9.88 Å². The van der Waals surface area contributed by atoms with E-state index in [2.05, 4.69) is 29.4 Å². The lowest BCUT2D eigenvalue weighted by atomic mass is 10.1. The van der Waals surface area contributed by atoms with Crippen molar-refractivity contribution in [3.8, 4) is 10.4 Å². The molecule has 3 nitrogen and oxygen atoms in total. The van der Waals surface area contributed by atoms with Gasteiger partial charge in [-0.05, 0) is 42.3 Å². The van der Waals surface area contributed by atoms with Crippen LogP contribution in [0.25, 0.3) is 10.4 Å². The fourth-order valence-corrected chi connectivity index (χ4v) is 3.33. The summed E-state index contributed by atoms with van der Waals surface area (Å²) in [5, 5.41) is 3.34. The Morgan fingerprint density at radius 2 is 2.09 bits per heavy atom. The first-order chi connectivity index (χ1) is 10.6. The van der Waals surface area contributed by atoms with Crippen LogP contribution in [0.5, 0.6) is 0 Å². The number of benzene rings is 1. The Balaban J connectivity index is 1.77. The second kappa shape index (κ2) is 6.42. The Hall–Kier alpha value is -1.98. The lowest BCUT2D eigenvalue weighted by Crippen LogP contribution is -2.16. The number of nitrogens with one attached hydrogen (secondary N) is 1. The van der Waals surface area contributed by atoms with Gasteiger partial charge in [0.25, 0.3) is 0 Å². The normalized spacial score (nSPS) is 11.0. The summed E-state index contributed by atoms with van der Waals surface area (Å²) in [5.41, 5.74) is 2.06. The van der Waals surface area contributed by atoms with Gasteiger partial charge in [-0.25, -0.2) is 9.37 Å². The number of rotatable bonds is 5. The molecule has 0 aliphatic carbocycles. The Labute approximate surface area is 133 Å². The molecule has 22 heavy (non-hydrogen) atoms. The zero-order valence-electron chi connectivity index (χ0n) is 12.6. The standard InChI is InChI=1S/C17H18FN3S/c1-12-3-6-16(22-12)15-5-4-14(18)9-13(15)10-19-11-17-20-7-8-21(17)2/h3-9,19H,10-11H2,1-2H3. The summed E-state index contributed by atoms with van der Waals surface area (Å²) >= 11 is 1.73. The van der Waals surface area contributed by atoms with Crippen molar-refractivity contribution in [1.82, 2.24) is 14.9 Å². The number of nitrogens with zero attached hydrogens (tertiary/aromatic N) is 2. The maximum absolute atomic E-state index is 13.6. The van der Waals surface area contributed by atoms with Crippen molar-refractivity contribution < 1.29 is 4.39 Å². The Kier molecular flexibility index (Phi) is 4.36. The number of imidazole rings is 1. The number of halogens is 1. The summed E-state index contributed by atoms with van der Waals surface area (Å²) in [6.07, 6.45) is 3.69. The molecule has 0 radical (unpaired) electrons. The molecule has 0 saturated heterocycles. The predicted molar refractivity (Wildman–Crippen MR) is 88.2 cm³/mol. The molecule has 1 aromatic carbocycles. The van der Waals surface area contributed by atoms with Crippen LogP contribution in [0, 0.1) is 12.7 Å². The first-order valence-corrected chi connectivity index (χ1v) is 7.97. The summed E-state index contributed by atoms with van der Waals surface area (Å²) < 4.78 is 15.6. The van der Waals surface area contributed by atoms with Crippen molar-refractivity contribution in [3.63, 3.8) is 0 Å². The minimum absolute atomic E-state index is 0.203. The molecule has 2 heterocycles. The number of aryl methyl sites for hydroxylation is 2. The third kappa shape index (κ3) is 3.26. The zero-order chi connectivity index (χ0) is 15.5. The van der Waals surface area contributed by atoms with E-state index in [1.165, 1.54) is 15.8 Å². The molecule has 0 saturated carbocycles. The van der Waals surface area contributed by atoms with Crippen molar-refractivity contribution in [3.05, 3.63) is 64.8 Å². The highest BCUT2D eigenvalue weighted by Gasteiger charge is 2.09. The first kappa shape index (κ1) is 14.9. The maximum Gasteiger partial charge on any atom is 0.123 e. The van der Waals surface area contributed by atoms with Crippen LogP contribution in [0.4, 0.5) is 4.39 Å². The summed E-state index contributed by atoms with van der Waals surface area (Å²) in [4.78, 5) is 6.71.